The number of carboxylic acid groups (broad SMARTS) is 1. The summed E-state index contributed by atoms with van der Waals surface area (Å²) < 4.78 is 0. The highest BCUT2D eigenvalue weighted by atomic mass is 16.4. The zero-order chi connectivity index (χ0) is 17.7. The second kappa shape index (κ2) is 7.58. The number of amides is 4. The Morgan fingerprint density at radius 3 is 2.71 bits per heavy atom. The molecule has 0 radical (unpaired) electrons. The summed E-state index contributed by atoms with van der Waals surface area (Å²) in [6.45, 7) is 1.86. The first kappa shape index (κ1) is 17.5. The monoisotopic (exact) mass is 333 g/mol. The maximum atomic E-state index is 12.2. The van der Waals surface area contributed by atoms with Gasteiger partial charge in [-0.05, 0) is 24.1 Å². The number of hydrogen-bond acceptors (Lipinski definition) is 4. The number of carbonyl (C=O) groups is 4. The Hall–Kier alpha value is -2.90. The normalized spacial score (nSPS) is 15.1. The topological polar surface area (TPSA) is 116 Å². The fraction of sp³-hybridized carbons (Fsp3) is 0.375. The predicted molar refractivity (Wildman–Crippen MR) is 84.2 cm³/mol. The summed E-state index contributed by atoms with van der Waals surface area (Å²) in [5.74, 6) is -1.92. The molecule has 1 aliphatic heterocycles. The fourth-order valence-corrected chi connectivity index (χ4v) is 2.40. The zero-order valence-electron chi connectivity index (χ0n) is 13.2. The third-order valence-electron chi connectivity index (χ3n) is 3.65. The van der Waals surface area contributed by atoms with Crippen LogP contribution in [0, 0.1) is 0 Å². The van der Waals surface area contributed by atoms with Gasteiger partial charge in [-0.1, -0.05) is 25.5 Å². The third-order valence-corrected chi connectivity index (χ3v) is 3.65. The summed E-state index contributed by atoms with van der Waals surface area (Å²) in [5.41, 5.74) is 0.886. The molecular formula is C16H19N3O5. The molecule has 4 amide bonds. The molecule has 1 fully saturated rings. The van der Waals surface area contributed by atoms with E-state index in [-0.39, 0.29) is 24.6 Å². The Labute approximate surface area is 138 Å². The molecule has 1 heterocycles. The van der Waals surface area contributed by atoms with Gasteiger partial charge in [0.25, 0.3) is 5.91 Å². The highest BCUT2D eigenvalue weighted by Gasteiger charge is 2.28. The lowest BCUT2D eigenvalue weighted by Crippen LogP contribution is -2.40. The van der Waals surface area contributed by atoms with E-state index in [1.54, 1.807) is 24.3 Å². The number of benzene rings is 1. The molecule has 128 valence electrons. The Morgan fingerprint density at radius 2 is 2.12 bits per heavy atom. The van der Waals surface area contributed by atoms with Crippen molar-refractivity contribution in [2.75, 3.05) is 6.54 Å². The van der Waals surface area contributed by atoms with E-state index < -0.39 is 23.9 Å². The minimum Gasteiger partial charge on any atom is -0.480 e. The van der Waals surface area contributed by atoms with Gasteiger partial charge in [0.1, 0.15) is 6.04 Å². The van der Waals surface area contributed by atoms with Gasteiger partial charge in [-0.3, -0.25) is 14.5 Å². The average molecular weight is 333 g/mol. The van der Waals surface area contributed by atoms with Gasteiger partial charge in [0.2, 0.25) is 5.91 Å². The standard InChI is InChI=1S/C16H19N3O5/c1-2-4-12(15(22)23)18-14(21)11-6-3-5-10(7-11)9-19-13(20)8-17-16(19)24/h3,5-7,12H,2,4,8-9H2,1H3,(H,17,24)(H,18,21)(H,22,23). The van der Waals surface area contributed by atoms with Gasteiger partial charge in [-0.25, -0.2) is 9.59 Å². The van der Waals surface area contributed by atoms with Crippen LogP contribution in [0.1, 0.15) is 35.7 Å². The van der Waals surface area contributed by atoms with Gasteiger partial charge in [-0.15, -0.1) is 0 Å². The largest absolute Gasteiger partial charge is 0.480 e. The van der Waals surface area contributed by atoms with Crippen LogP contribution in [0.2, 0.25) is 0 Å². The molecule has 24 heavy (non-hydrogen) atoms. The summed E-state index contributed by atoms with van der Waals surface area (Å²) in [4.78, 5) is 47.6. The fourth-order valence-electron chi connectivity index (χ4n) is 2.40. The first-order chi connectivity index (χ1) is 11.4. The molecule has 1 aliphatic rings. The van der Waals surface area contributed by atoms with Crippen LogP contribution in [0.4, 0.5) is 4.79 Å². The average Bonchev–Trinajstić information content (AvgIpc) is 2.86. The van der Waals surface area contributed by atoms with Crippen molar-refractivity contribution >= 4 is 23.8 Å². The van der Waals surface area contributed by atoms with Crippen LogP contribution in [0.25, 0.3) is 0 Å². The van der Waals surface area contributed by atoms with E-state index in [1.807, 2.05) is 6.92 Å². The predicted octanol–water partition coefficient (Wildman–Crippen LogP) is 0.721. The third kappa shape index (κ3) is 4.09. The molecule has 1 aromatic carbocycles. The lowest BCUT2D eigenvalue weighted by atomic mass is 10.1. The van der Waals surface area contributed by atoms with Crippen molar-refractivity contribution in [3.05, 3.63) is 35.4 Å². The summed E-state index contributed by atoms with van der Waals surface area (Å²) in [5, 5.41) is 14.0. The van der Waals surface area contributed by atoms with E-state index >= 15 is 0 Å². The van der Waals surface area contributed by atoms with Crippen LogP contribution in [0.5, 0.6) is 0 Å². The molecule has 1 saturated heterocycles. The van der Waals surface area contributed by atoms with Crippen LogP contribution in [-0.4, -0.2) is 46.4 Å². The SMILES string of the molecule is CCCC(NC(=O)c1cccc(CN2C(=O)CNC2=O)c1)C(=O)O. The van der Waals surface area contributed by atoms with E-state index in [1.165, 1.54) is 0 Å². The molecule has 1 atom stereocenters. The molecule has 1 aromatic rings. The second-order valence-corrected chi connectivity index (χ2v) is 5.49. The van der Waals surface area contributed by atoms with Crippen LogP contribution >= 0.6 is 0 Å². The van der Waals surface area contributed by atoms with Gasteiger partial charge in [0.05, 0.1) is 13.1 Å². The number of rotatable bonds is 7. The summed E-state index contributed by atoms with van der Waals surface area (Å²) in [7, 11) is 0. The molecule has 8 heteroatoms. The highest BCUT2D eigenvalue weighted by molar-refractivity contribution is 6.02. The smallest absolute Gasteiger partial charge is 0.326 e. The number of carbonyl (C=O) groups excluding carboxylic acids is 3. The van der Waals surface area contributed by atoms with Crippen molar-refractivity contribution < 1.29 is 24.3 Å². The van der Waals surface area contributed by atoms with Crippen LogP contribution in [0.3, 0.4) is 0 Å². The first-order valence-corrected chi connectivity index (χ1v) is 7.63. The van der Waals surface area contributed by atoms with Crippen molar-refractivity contribution in [2.45, 2.75) is 32.4 Å². The second-order valence-electron chi connectivity index (χ2n) is 5.49. The Balaban J connectivity index is 2.09. The quantitative estimate of drug-likeness (QED) is 0.636. The number of aliphatic carboxylic acids is 1. The van der Waals surface area contributed by atoms with Crippen molar-refractivity contribution in [1.29, 1.82) is 0 Å². The lowest BCUT2D eigenvalue weighted by Gasteiger charge is -2.15. The van der Waals surface area contributed by atoms with Crippen LogP contribution in [-0.2, 0) is 16.1 Å². The molecule has 0 aliphatic carbocycles. The molecule has 8 nitrogen and oxygen atoms in total. The minimum absolute atomic E-state index is 0.0314. The van der Waals surface area contributed by atoms with Gasteiger partial charge in [0, 0.05) is 5.56 Å². The highest BCUT2D eigenvalue weighted by Crippen LogP contribution is 2.11. The van der Waals surface area contributed by atoms with Crippen LogP contribution < -0.4 is 10.6 Å². The lowest BCUT2D eigenvalue weighted by molar-refractivity contribution is -0.139. The van der Waals surface area contributed by atoms with Crippen molar-refractivity contribution in [3.8, 4) is 0 Å². The van der Waals surface area contributed by atoms with Crippen molar-refractivity contribution in [2.24, 2.45) is 0 Å². The Kier molecular flexibility index (Phi) is 5.51. The molecule has 0 bridgehead atoms. The molecule has 1 unspecified atom stereocenters. The Bertz CT molecular complexity index is 657. The minimum atomic E-state index is -1.08. The number of nitrogens with one attached hydrogen (secondary N) is 2. The van der Waals surface area contributed by atoms with E-state index in [9.17, 15) is 19.2 Å². The summed E-state index contributed by atoms with van der Waals surface area (Å²) in [6.07, 6.45) is 0.965. The maximum absolute atomic E-state index is 12.2. The Morgan fingerprint density at radius 1 is 1.38 bits per heavy atom. The molecule has 3 N–H and O–H groups in total. The van der Waals surface area contributed by atoms with Gasteiger partial charge in [0.15, 0.2) is 0 Å². The van der Waals surface area contributed by atoms with E-state index in [4.69, 9.17) is 5.11 Å². The number of hydrogen-bond donors (Lipinski definition) is 3. The van der Waals surface area contributed by atoms with Crippen molar-refractivity contribution in [1.82, 2.24) is 15.5 Å². The van der Waals surface area contributed by atoms with Crippen LogP contribution in [0.15, 0.2) is 24.3 Å². The van der Waals surface area contributed by atoms with Gasteiger partial charge < -0.3 is 15.7 Å². The van der Waals surface area contributed by atoms with Gasteiger partial charge in [-0.2, -0.15) is 0 Å². The number of carboxylic acids is 1. The summed E-state index contributed by atoms with van der Waals surface area (Å²) in [6, 6.07) is 4.99. The number of imide groups is 1. The van der Waals surface area contributed by atoms with Crippen molar-refractivity contribution in [3.63, 3.8) is 0 Å². The summed E-state index contributed by atoms with van der Waals surface area (Å²) >= 11 is 0. The van der Waals surface area contributed by atoms with E-state index in [0.717, 1.165) is 4.90 Å². The molecule has 0 spiro atoms. The van der Waals surface area contributed by atoms with E-state index in [0.29, 0.717) is 18.4 Å². The molecule has 2 rings (SSSR count). The maximum Gasteiger partial charge on any atom is 0.326 e. The zero-order valence-corrected chi connectivity index (χ0v) is 13.2. The number of urea groups is 1. The molecular weight excluding hydrogens is 314 g/mol. The van der Waals surface area contributed by atoms with Gasteiger partial charge >= 0.3 is 12.0 Å². The molecule has 0 saturated carbocycles. The van der Waals surface area contributed by atoms with E-state index in [2.05, 4.69) is 10.6 Å². The first-order valence-electron chi connectivity index (χ1n) is 7.63. The molecule has 0 aromatic heterocycles. The number of nitrogens with zero attached hydrogens (tertiary/aromatic N) is 1.